The minimum absolute atomic E-state index is 0.0923. The summed E-state index contributed by atoms with van der Waals surface area (Å²) in [6.07, 6.45) is 1.95. The second kappa shape index (κ2) is 8.09. The van der Waals surface area contributed by atoms with E-state index in [2.05, 4.69) is 10.2 Å². The number of benzene rings is 1. The molecule has 0 atom stereocenters. The summed E-state index contributed by atoms with van der Waals surface area (Å²) in [7, 11) is 3.08. The monoisotopic (exact) mass is 340 g/mol. The van der Waals surface area contributed by atoms with Crippen LogP contribution >= 0.6 is 23.5 Å². The molecule has 0 unspecified atom stereocenters. The molecule has 0 N–H and O–H groups in total. The van der Waals surface area contributed by atoms with Crippen LogP contribution in [-0.4, -0.2) is 42.2 Å². The minimum atomic E-state index is -0.0923. The Kier molecular flexibility index (Phi) is 6.14. The van der Waals surface area contributed by atoms with Gasteiger partial charge in [-0.2, -0.15) is 11.8 Å². The van der Waals surface area contributed by atoms with Gasteiger partial charge in [-0.25, -0.2) is 0 Å². The molecule has 2 rings (SSSR count). The maximum absolute atomic E-state index is 12.3. The van der Waals surface area contributed by atoms with E-state index in [0.29, 0.717) is 33.9 Å². The molecule has 1 aromatic heterocycles. The van der Waals surface area contributed by atoms with E-state index in [1.165, 1.54) is 18.9 Å². The second-order valence-electron chi connectivity index (χ2n) is 4.17. The molecule has 0 saturated carbocycles. The van der Waals surface area contributed by atoms with Crippen molar-refractivity contribution in [1.82, 2.24) is 10.2 Å². The lowest BCUT2D eigenvalue weighted by Gasteiger charge is -2.08. The van der Waals surface area contributed by atoms with E-state index in [4.69, 9.17) is 13.9 Å². The van der Waals surface area contributed by atoms with Crippen molar-refractivity contribution < 1.29 is 18.7 Å². The number of thioether (sulfide) groups is 2. The zero-order valence-electron chi connectivity index (χ0n) is 12.5. The van der Waals surface area contributed by atoms with Crippen molar-refractivity contribution in [1.29, 1.82) is 0 Å². The van der Waals surface area contributed by atoms with Gasteiger partial charge >= 0.3 is 0 Å². The van der Waals surface area contributed by atoms with Crippen LogP contribution < -0.4 is 9.47 Å². The Morgan fingerprint density at radius 2 is 2.09 bits per heavy atom. The maximum atomic E-state index is 12.3. The van der Waals surface area contributed by atoms with E-state index in [1.807, 2.05) is 6.26 Å². The normalized spacial score (nSPS) is 10.5. The average Bonchev–Trinajstić information content (AvgIpc) is 3.00. The number of methoxy groups -OCH3 is 2. The summed E-state index contributed by atoms with van der Waals surface area (Å²) in [5, 5.41) is 8.19. The Labute approximate surface area is 137 Å². The zero-order chi connectivity index (χ0) is 15.9. The fraction of sp³-hybridized carbons (Fsp3) is 0.357. The van der Waals surface area contributed by atoms with Gasteiger partial charge in [0.2, 0.25) is 5.89 Å². The highest BCUT2D eigenvalue weighted by Crippen LogP contribution is 2.27. The predicted molar refractivity (Wildman–Crippen MR) is 86.1 cm³/mol. The first-order chi connectivity index (χ1) is 10.7. The number of carbonyl (C=O) groups excluding carboxylic acids is 1. The summed E-state index contributed by atoms with van der Waals surface area (Å²) in [6, 6.07) is 5.12. The van der Waals surface area contributed by atoms with Gasteiger partial charge in [0, 0.05) is 0 Å². The minimum Gasteiger partial charge on any atom is -0.497 e. The van der Waals surface area contributed by atoms with Crippen LogP contribution in [0.3, 0.4) is 0 Å². The fourth-order valence-electron chi connectivity index (χ4n) is 1.72. The van der Waals surface area contributed by atoms with Gasteiger partial charge in [0.25, 0.3) is 5.22 Å². The number of carbonyl (C=O) groups is 1. The molecule has 1 aromatic carbocycles. The van der Waals surface area contributed by atoms with E-state index in [9.17, 15) is 4.79 Å². The highest BCUT2D eigenvalue weighted by molar-refractivity contribution is 7.99. The van der Waals surface area contributed by atoms with Crippen molar-refractivity contribution in [3.05, 3.63) is 29.7 Å². The predicted octanol–water partition coefficient (Wildman–Crippen LogP) is 2.92. The van der Waals surface area contributed by atoms with Crippen molar-refractivity contribution in [2.45, 2.75) is 11.0 Å². The third kappa shape index (κ3) is 4.17. The largest absolute Gasteiger partial charge is 0.497 e. The third-order valence-electron chi connectivity index (χ3n) is 2.75. The van der Waals surface area contributed by atoms with Crippen LogP contribution in [0.5, 0.6) is 11.5 Å². The van der Waals surface area contributed by atoms with Crippen LogP contribution in [0.15, 0.2) is 27.8 Å². The second-order valence-corrected chi connectivity index (χ2v) is 5.97. The van der Waals surface area contributed by atoms with Gasteiger partial charge in [-0.15, -0.1) is 10.2 Å². The highest BCUT2D eigenvalue weighted by atomic mass is 32.2. The zero-order valence-corrected chi connectivity index (χ0v) is 14.1. The molecule has 0 fully saturated rings. The number of nitrogens with zero attached hydrogens (tertiary/aromatic N) is 2. The van der Waals surface area contributed by atoms with Gasteiger partial charge in [0.1, 0.15) is 11.5 Å². The Hall–Kier alpha value is -1.67. The SMILES string of the molecule is COc1ccc(OC)c(C(=O)CSc2nnc(CSC)o2)c1. The van der Waals surface area contributed by atoms with E-state index in [-0.39, 0.29) is 11.5 Å². The summed E-state index contributed by atoms with van der Waals surface area (Å²) >= 11 is 2.80. The third-order valence-corrected chi connectivity index (χ3v) is 4.10. The van der Waals surface area contributed by atoms with E-state index in [0.717, 1.165) is 0 Å². The van der Waals surface area contributed by atoms with Gasteiger partial charge in [-0.3, -0.25) is 4.79 Å². The molecule has 0 radical (unpaired) electrons. The molecule has 0 aliphatic carbocycles. The first-order valence-electron chi connectivity index (χ1n) is 6.37. The van der Waals surface area contributed by atoms with Crippen molar-refractivity contribution in [2.75, 3.05) is 26.2 Å². The topological polar surface area (TPSA) is 74.5 Å². The molecule has 6 nitrogen and oxygen atoms in total. The molecule has 118 valence electrons. The number of aromatic nitrogens is 2. The Morgan fingerprint density at radius 3 is 2.77 bits per heavy atom. The number of hydrogen-bond acceptors (Lipinski definition) is 8. The number of hydrogen-bond donors (Lipinski definition) is 0. The first-order valence-corrected chi connectivity index (χ1v) is 8.75. The Balaban J connectivity index is 2.04. The molecule has 0 aliphatic rings. The standard InChI is InChI=1S/C14H16N2O4S2/c1-18-9-4-5-12(19-2)10(6-9)11(17)7-22-14-16-15-13(20-14)8-21-3/h4-6H,7-8H2,1-3H3. The first kappa shape index (κ1) is 16.7. The van der Waals surface area contributed by atoms with Gasteiger partial charge < -0.3 is 13.9 Å². The van der Waals surface area contributed by atoms with Crippen LogP contribution in [0.2, 0.25) is 0 Å². The Bertz CT molecular complexity index is 646. The average molecular weight is 340 g/mol. The van der Waals surface area contributed by atoms with Crippen LogP contribution in [0.25, 0.3) is 0 Å². The number of ether oxygens (including phenoxy) is 2. The van der Waals surface area contributed by atoms with Crippen LogP contribution in [-0.2, 0) is 5.75 Å². The van der Waals surface area contributed by atoms with Gasteiger partial charge in [-0.05, 0) is 24.5 Å². The maximum Gasteiger partial charge on any atom is 0.277 e. The highest BCUT2D eigenvalue weighted by Gasteiger charge is 2.16. The smallest absolute Gasteiger partial charge is 0.277 e. The van der Waals surface area contributed by atoms with Crippen molar-refractivity contribution in [3.8, 4) is 11.5 Å². The van der Waals surface area contributed by atoms with E-state index < -0.39 is 0 Å². The van der Waals surface area contributed by atoms with Gasteiger partial charge in [0.15, 0.2) is 5.78 Å². The number of Topliss-reactive ketones (excluding diaryl/α,β-unsaturated/α-hetero) is 1. The van der Waals surface area contributed by atoms with Crippen molar-refractivity contribution in [2.24, 2.45) is 0 Å². The molecule has 0 saturated heterocycles. The summed E-state index contributed by atoms with van der Waals surface area (Å²) < 4.78 is 15.8. The summed E-state index contributed by atoms with van der Waals surface area (Å²) in [5.41, 5.74) is 0.471. The van der Waals surface area contributed by atoms with Gasteiger partial charge in [-0.1, -0.05) is 11.8 Å². The molecular weight excluding hydrogens is 324 g/mol. The number of ketones is 1. The summed E-state index contributed by atoms with van der Waals surface area (Å²) in [6.45, 7) is 0. The molecule has 2 aromatic rings. The molecule has 1 heterocycles. The lowest BCUT2D eigenvalue weighted by molar-refractivity contribution is 0.101. The lowest BCUT2D eigenvalue weighted by atomic mass is 10.1. The molecule has 0 bridgehead atoms. The quantitative estimate of drug-likeness (QED) is 0.536. The van der Waals surface area contributed by atoms with Crippen LogP contribution in [0, 0.1) is 0 Å². The summed E-state index contributed by atoms with van der Waals surface area (Å²) in [5.74, 6) is 2.43. The van der Waals surface area contributed by atoms with E-state index >= 15 is 0 Å². The molecule has 8 heteroatoms. The molecule has 0 aliphatic heterocycles. The van der Waals surface area contributed by atoms with Crippen molar-refractivity contribution >= 4 is 29.3 Å². The van der Waals surface area contributed by atoms with Crippen molar-refractivity contribution in [3.63, 3.8) is 0 Å². The van der Waals surface area contributed by atoms with Gasteiger partial charge in [0.05, 0.1) is 31.3 Å². The fourth-order valence-corrected chi connectivity index (χ4v) is 2.74. The Morgan fingerprint density at radius 1 is 1.27 bits per heavy atom. The van der Waals surface area contributed by atoms with E-state index in [1.54, 1.807) is 37.1 Å². The molecule has 0 spiro atoms. The molecular formula is C14H16N2O4S2. The van der Waals surface area contributed by atoms with Crippen LogP contribution in [0.4, 0.5) is 0 Å². The van der Waals surface area contributed by atoms with Crippen LogP contribution in [0.1, 0.15) is 16.2 Å². The number of rotatable bonds is 8. The molecule has 22 heavy (non-hydrogen) atoms. The molecule has 0 amide bonds. The summed E-state index contributed by atoms with van der Waals surface area (Å²) in [4.78, 5) is 12.3. The lowest BCUT2D eigenvalue weighted by Crippen LogP contribution is -2.05.